The van der Waals surface area contributed by atoms with E-state index in [1.165, 1.54) is 0 Å². The number of aliphatic imine (C=N–C) groups is 1. The highest BCUT2D eigenvalue weighted by molar-refractivity contribution is 14.0. The third-order valence-corrected chi connectivity index (χ3v) is 2.84. The summed E-state index contributed by atoms with van der Waals surface area (Å²) in [6, 6.07) is 0.652. The number of rotatable bonds is 8. The number of carbonyl (C=O) groups is 1. The molecule has 0 aromatic rings. The fraction of sp³-hybridized carbons (Fsp3) is 0.846. The molecule has 1 rings (SSSR count). The Kier molecular flexibility index (Phi) is 10.8. The van der Waals surface area contributed by atoms with E-state index in [1.807, 2.05) is 6.92 Å². The molecule has 0 heterocycles. The van der Waals surface area contributed by atoms with Crippen molar-refractivity contribution in [1.82, 2.24) is 16.0 Å². The molecule has 7 heteroatoms. The SMILES string of the molecule is CN=C(NCCCC(=O)NC1CC1)NC(C)COC.I. The van der Waals surface area contributed by atoms with Crippen LogP contribution in [0, 0.1) is 0 Å². The topological polar surface area (TPSA) is 74.8 Å². The van der Waals surface area contributed by atoms with Crippen molar-refractivity contribution in [2.75, 3.05) is 27.3 Å². The lowest BCUT2D eigenvalue weighted by molar-refractivity contribution is -0.121. The molecule has 6 nitrogen and oxygen atoms in total. The van der Waals surface area contributed by atoms with Gasteiger partial charge < -0.3 is 20.7 Å². The largest absolute Gasteiger partial charge is 0.383 e. The van der Waals surface area contributed by atoms with Gasteiger partial charge in [-0.3, -0.25) is 9.79 Å². The van der Waals surface area contributed by atoms with Gasteiger partial charge in [-0.05, 0) is 26.2 Å². The van der Waals surface area contributed by atoms with Gasteiger partial charge in [-0.25, -0.2) is 0 Å². The number of carbonyl (C=O) groups excluding carboxylic acids is 1. The van der Waals surface area contributed by atoms with Crippen molar-refractivity contribution in [3.05, 3.63) is 0 Å². The van der Waals surface area contributed by atoms with E-state index in [9.17, 15) is 4.79 Å². The second-order valence-electron chi connectivity index (χ2n) is 4.95. The number of nitrogens with zero attached hydrogens (tertiary/aromatic N) is 1. The zero-order valence-electron chi connectivity index (χ0n) is 12.6. The van der Waals surface area contributed by atoms with Crippen LogP contribution in [-0.4, -0.2) is 51.3 Å². The molecule has 1 atom stereocenters. The molecule has 0 aromatic heterocycles. The molecule has 0 radical (unpaired) electrons. The predicted octanol–water partition coefficient (Wildman–Crippen LogP) is 0.863. The fourth-order valence-corrected chi connectivity index (χ4v) is 1.70. The van der Waals surface area contributed by atoms with Gasteiger partial charge in [-0.1, -0.05) is 0 Å². The van der Waals surface area contributed by atoms with Crippen LogP contribution >= 0.6 is 24.0 Å². The van der Waals surface area contributed by atoms with E-state index >= 15 is 0 Å². The quantitative estimate of drug-likeness (QED) is 0.246. The highest BCUT2D eigenvalue weighted by Gasteiger charge is 2.22. The predicted molar refractivity (Wildman–Crippen MR) is 91.6 cm³/mol. The van der Waals surface area contributed by atoms with Crippen LogP contribution in [0.15, 0.2) is 4.99 Å². The molecule has 3 N–H and O–H groups in total. The van der Waals surface area contributed by atoms with Crippen LogP contribution < -0.4 is 16.0 Å². The maximum absolute atomic E-state index is 11.5. The molecule has 20 heavy (non-hydrogen) atoms. The van der Waals surface area contributed by atoms with Crippen molar-refractivity contribution in [2.24, 2.45) is 4.99 Å². The lowest BCUT2D eigenvalue weighted by atomic mass is 10.3. The summed E-state index contributed by atoms with van der Waals surface area (Å²) in [5.74, 6) is 0.896. The minimum Gasteiger partial charge on any atom is -0.383 e. The maximum Gasteiger partial charge on any atom is 0.220 e. The second kappa shape index (κ2) is 11.1. The number of nitrogens with one attached hydrogen (secondary N) is 3. The maximum atomic E-state index is 11.5. The van der Waals surface area contributed by atoms with Crippen molar-refractivity contribution < 1.29 is 9.53 Å². The van der Waals surface area contributed by atoms with Crippen molar-refractivity contribution in [3.8, 4) is 0 Å². The van der Waals surface area contributed by atoms with Gasteiger partial charge in [0, 0.05) is 39.2 Å². The molecule has 1 saturated carbocycles. The summed E-state index contributed by atoms with van der Waals surface area (Å²) in [5.41, 5.74) is 0. The van der Waals surface area contributed by atoms with Gasteiger partial charge in [0.2, 0.25) is 5.91 Å². The molecule has 118 valence electrons. The summed E-state index contributed by atoms with van der Waals surface area (Å²) in [4.78, 5) is 15.6. The first-order valence-corrected chi connectivity index (χ1v) is 6.91. The zero-order valence-corrected chi connectivity index (χ0v) is 14.9. The highest BCUT2D eigenvalue weighted by atomic mass is 127. The summed E-state index contributed by atoms with van der Waals surface area (Å²) in [6.45, 7) is 3.39. The molecule has 1 unspecified atom stereocenters. The van der Waals surface area contributed by atoms with E-state index in [0.29, 0.717) is 19.1 Å². The zero-order chi connectivity index (χ0) is 14.1. The third kappa shape index (κ3) is 9.35. The van der Waals surface area contributed by atoms with Crippen molar-refractivity contribution in [2.45, 2.75) is 44.7 Å². The van der Waals surface area contributed by atoms with E-state index in [-0.39, 0.29) is 35.9 Å². The molecule has 1 aliphatic carbocycles. The number of methoxy groups -OCH3 is 1. The van der Waals surface area contributed by atoms with Gasteiger partial charge in [0.05, 0.1) is 6.61 Å². The first kappa shape index (κ1) is 19.4. The van der Waals surface area contributed by atoms with Gasteiger partial charge in [0.25, 0.3) is 0 Å². The van der Waals surface area contributed by atoms with Crippen LogP contribution in [0.4, 0.5) is 0 Å². The minimum absolute atomic E-state index is 0. The van der Waals surface area contributed by atoms with Crippen LogP contribution in [0.2, 0.25) is 0 Å². The normalized spacial score (nSPS) is 16.1. The Labute approximate surface area is 138 Å². The summed E-state index contributed by atoms with van der Waals surface area (Å²) in [5, 5.41) is 9.37. The third-order valence-electron chi connectivity index (χ3n) is 2.84. The fourth-order valence-electron chi connectivity index (χ4n) is 1.70. The molecule has 1 fully saturated rings. The lowest BCUT2D eigenvalue weighted by Crippen LogP contribution is -2.44. The van der Waals surface area contributed by atoms with E-state index in [0.717, 1.165) is 31.8 Å². The van der Waals surface area contributed by atoms with Gasteiger partial charge in [0.1, 0.15) is 0 Å². The molecule has 0 aliphatic heterocycles. The Morgan fingerprint density at radius 2 is 2.15 bits per heavy atom. The monoisotopic (exact) mass is 398 g/mol. The number of amides is 1. The molecule has 1 amide bonds. The van der Waals surface area contributed by atoms with Gasteiger partial charge in [-0.15, -0.1) is 24.0 Å². The smallest absolute Gasteiger partial charge is 0.220 e. The van der Waals surface area contributed by atoms with Gasteiger partial charge >= 0.3 is 0 Å². The summed E-state index contributed by atoms with van der Waals surface area (Å²) in [6.07, 6.45) is 3.64. The first-order chi connectivity index (χ1) is 9.15. The standard InChI is InChI=1S/C13H26N4O2.HI/c1-10(9-19-3)16-13(14-2)15-8-4-5-12(18)17-11-6-7-11;/h10-11H,4-9H2,1-3H3,(H,17,18)(H2,14,15,16);1H. The number of ether oxygens (including phenoxy) is 1. The highest BCUT2D eigenvalue weighted by Crippen LogP contribution is 2.18. The van der Waals surface area contributed by atoms with Crippen LogP contribution in [0.25, 0.3) is 0 Å². The van der Waals surface area contributed by atoms with E-state index in [4.69, 9.17) is 4.74 Å². The van der Waals surface area contributed by atoms with Crippen LogP contribution in [0.1, 0.15) is 32.6 Å². The summed E-state index contributed by atoms with van der Waals surface area (Å²) in [7, 11) is 3.40. The summed E-state index contributed by atoms with van der Waals surface area (Å²) < 4.78 is 5.05. The van der Waals surface area contributed by atoms with Crippen molar-refractivity contribution >= 4 is 35.8 Å². The Bertz CT molecular complexity index is 309. The van der Waals surface area contributed by atoms with Crippen LogP contribution in [0.5, 0.6) is 0 Å². The lowest BCUT2D eigenvalue weighted by Gasteiger charge is -2.17. The molecule has 0 bridgehead atoms. The molecule has 0 saturated heterocycles. The van der Waals surface area contributed by atoms with Crippen molar-refractivity contribution in [3.63, 3.8) is 0 Å². The minimum atomic E-state index is 0. The number of halogens is 1. The first-order valence-electron chi connectivity index (χ1n) is 6.91. The Morgan fingerprint density at radius 3 is 2.70 bits per heavy atom. The summed E-state index contributed by atoms with van der Waals surface area (Å²) >= 11 is 0. The average Bonchev–Trinajstić information content (AvgIpc) is 3.17. The number of guanidine groups is 1. The Morgan fingerprint density at radius 1 is 1.45 bits per heavy atom. The number of hydrogen-bond donors (Lipinski definition) is 3. The number of hydrogen-bond acceptors (Lipinski definition) is 3. The molecule has 0 aromatic carbocycles. The van der Waals surface area contributed by atoms with E-state index < -0.39 is 0 Å². The van der Waals surface area contributed by atoms with Gasteiger partial charge in [-0.2, -0.15) is 0 Å². The van der Waals surface area contributed by atoms with Crippen LogP contribution in [-0.2, 0) is 9.53 Å². The van der Waals surface area contributed by atoms with E-state index in [1.54, 1.807) is 14.2 Å². The molecular formula is C13H27IN4O2. The van der Waals surface area contributed by atoms with E-state index in [2.05, 4.69) is 20.9 Å². The second-order valence-corrected chi connectivity index (χ2v) is 4.95. The molecular weight excluding hydrogens is 371 g/mol. The van der Waals surface area contributed by atoms with Crippen molar-refractivity contribution in [1.29, 1.82) is 0 Å². The Balaban J connectivity index is 0.00000361. The Hall–Kier alpha value is -0.570. The molecule has 0 spiro atoms. The van der Waals surface area contributed by atoms with Crippen LogP contribution in [0.3, 0.4) is 0 Å². The average molecular weight is 398 g/mol. The van der Waals surface area contributed by atoms with Gasteiger partial charge in [0.15, 0.2) is 5.96 Å². The molecule has 1 aliphatic rings.